The van der Waals surface area contributed by atoms with Gasteiger partial charge in [-0.2, -0.15) is 0 Å². The summed E-state index contributed by atoms with van der Waals surface area (Å²) in [6, 6.07) is 14.6. The van der Waals surface area contributed by atoms with Crippen molar-refractivity contribution in [2.75, 3.05) is 13.7 Å². The van der Waals surface area contributed by atoms with Crippen LogP contribution in [0, 0.1) is 6.92 Å². The monoisotopic (exact) mass is 416 g/mol. The van der Waals surface area contributed by atoms with Gasteiger partial charge in [0, 0.05) is 25.0 Å². The number of amides is 2. The third kappa shape index (κ3) is 7.09. The molecule has 2 amide bonds. The lowest BCUT2D eigenvalue weighted by Crippen LogP contribution is -2.48. The highest BCUT2D eigenvalue weighted by molar-refractivity contribution is 6.30. The molecule has 0 aromatic heterocycles. The maximum absolute atomic E-state index is 13.0. The molecule has 0 aliphatic heterocycles. The Kier molecular flexibility index (Phi) is 9.00. The van der Waals surface area contributed by atoms with Crippen LogP contribution in [0.15, 0.2) is 48.5 Å². The van der Waals surface area contributed by atoms with Crippen LogP contribution in [0.1, 0.15) is 37.3 Å². The minimum atomic E-state index is -0.513. The average Bonchev–Trinajstić information content (AvgIpc) is 2.73. The highest BCUT2D eigenvalue weighted by Gasteiger charge is 2.27. The van der Waals surface area contributed by atoms with Gasteiger partial charge in [-0.05, 0) is 49.6 Å². The zero-order valence-electron chi connectivity index (χ0n) is 17.3. The SMILES string of the molecule is CC[C@H](C(=O)NC)N(Cc1ccc(Cl)cc1)C(=O)CCCOc1ccc(C)cc1. The predicted molar refractivity (Wildman–Crippen MR) is 116 cm³/mol. The Hall–Kier alpha value is -2.53. The summed E-state index contributed by atoms with van der Waals surface area (Å²) in [6.45, 7) is 4.73. The summed E-state index contributed by atoms with van der Waals surface area (Å²) < 4.78 is 5.71. The number of hydrogen-bond acceptors (Lipinski definition) is 3. The van der Waals surface area contributed by atoms with Gasteiger partial charge >= 0.3 is 0 Å². The van der Waals surface area contributed by atoms with Gasteiger partial charge in [0.2, 0.25) is 11.8 Å². The molecule has 2 aromatic rings. The van der Waals surface area contributed by atoms with Crippen molar-refractivity contribution in [3.05, 3.63) is 64.7 Å². The number of benzene rings is 2. The van der Waals surface area contributed by atoms with Crippen molar-refractivity contribution < 1.29 is 14.3 Å². The molecule has 0 bridgehead atoms. The lowest BCUT2D eigenvalue weighted by molar-refractivity contribution is -0.141. The molecule has 2 aromatic carbocycles. The number of nitrogens with one attached hydrogen (secondary N) is 1. The Labute approximate surface area is 178 Å². The molecule has 6 heteroatoms. The van der Waals surface area contributed by atoms with E-state index in [-0.39, 0.29) is 11.8 Å². The predicted octanol–water partition coefficient (Wildman–Crippen LogP) is 4.36. The average molecular weight is 417 g/mol. The molecule has 0 fully saturated rings. The third-order valence-electron chi connectivity index (χ3n) is 4.72. The number of aryl methyl sites for hydroxylation is 1. The zero-order chi connectivity index (χ0) is 21.2. The number of halogens is 1. The molecule has 0 radical (unpaired) electrons. The van der Waals surface area contributed by atoms with Crippen LogP contribution < -0.4 is 10.1 Å². The number of nitrogens with zero attached hydrogens (tertiary/aromatic N) is 1. The van der Waals surface area contributed by atoms with E-state index in [9.17, 15) is 9.59 Å². The number of likely N-dealkylation sites (N-methyl/N-ethyl adjacent to an activating group) is 1. The standard InChI is InChI=1S/C23H29ClN2O3/c1-4-21(23(28)25-3)26(16-18-9-11-19(24)12-10-18)22(27)6-5-15-29-20-13-7-17(2)8-14-20/h7-14,21H,4-6,15-16H2,1-3H3,(H,25,28)/t21-/m1/s1. The number of carbonyl (C=O) groups excluding carboxylic acids is 2. The number of carbonyl (C=O) groups is 2. The molecule has 1 atom stereocenters. The van der Waals surface area contributed by atoms with E-state index >= 15 is 0 Å². The summed E-state index contributed by atoms with van der Waals surface area (Å²) in [5.74, 6) is 0.562. The second-order valence-corrected chi connectivity index (χ2v) is 7.39. The summed E-state index contributed by atoms with van der Waals surface area (Å²) in [7, 11) is 1.59. The maximum Gasteiger partial charge on any atom is 0.242 e. The van der Waals surface area contributed by atoms with Crippen LogP contribution in [0.5, 0.6) is 5.75 Å². The molecule has 0 spiro atoms. The van der Waals surface area contributed by atoms with Crippen LogP contribution in [0.25, 0.3) is 0 Å². The van der Waals surface area contributed by atoms with Gasteiger partial charge in [-0.1, -0.05) is 48.4 Å². The van der Waals surface area contributed by atoms with Crippen molar-refractivity contribution in [2.24, 2.45) is 0 Å². The van der Waals surface area contributed by atoms with Gasteiger partial charge in [-0.15, -0.1) is 0 Å². The highest BCUT2D eigenvalue weighted by atomic mass is 35.5. The first-order valence-corrected chi connectivity index (χ1v) is 10.3. The van der Waals surface area contributed by atoms with Crippen LogP contribution in [-0.4, -0.2) is 36.4 Å². The van der Waals surface area contributed by atoms with E-state index in [1.807, 2.05) is 50.2 Å². The van der Waals surface area contributed by atoms with Crippen molar-refractivity contribution >= 4 is 23.4 Å². The van der Waals surface area contributed by atoms with E-state index < -0.39 is 6.04 Å². The van der Waals surface area contributed by atoms with Gasteiger partial charge in [0.05, 0.1) is 6.61 Å². The Balaban J connectivity index is 1.99. The lowest BCUT2D eigenvalue weighted by atomic mass is 10.1. The lowest BCUT2D eigenvalue weighted by Gasteiger charge is -2.30. The fraction of sp³-hybridized carbons (Fsp3) is 0.391. The smallest absolute Gasteiger partial charge is 0.242 e. The highest BCUT2D eigenvalue weighted by Crippen LogP contribution is 2.17. The Morgan fingerprint density at radius 3 is 2.34 bits per heavy atom. The number of hydrogen-bond donors (Lipinski definition) is 1. The Morgan fingerprint density at radius 1 is 1.10 bits per heavy atom. The van der Waals surface area contributed by atoms with E-state index in [1.165, 1.54) is 5.56 Å². The van der Waals surface area contributed by atoms with Crippen molar-refractivity contribution in [2.45, 2.75) is 45.7 Å². The molecular formula is C23H29ClN2O3. The Bertz CT molecular complexity index is 791. The molecule has 5 nitrogen and oxygen atoms in total. The van der Waals surface area contributed by atoms with E-state index in [4.69, 9.17) is 16.3 Å². The largest absolute Gasteiger partial charge is 0.494 e. The summed E-state index contributed by atoms with van der Waals surface area (Å²) >= 11 is 5.96. The van der Waals surface area contributed by atoms with Gasteiger partial charge in [0.1, 0.15) is 11.8 Å². The molecule has 0 aliphatic rings. The van der Waals surface area contributed by atoms with Gasteiger partial charge in [-0.3, -0.25) is 9.59 Å². The van der Waals surface area contributed by atoms with Gasteiger partial charge in [0.15, 0.2) is 0 Å². The zero-order valence-corrected chi connectivity index (χ0v) is 18.0. The minimum Gasteiger partial charge on any atom is -0.494 e. The first kappa shape index (κ1) is 22.8. The van der Waals surface area contributed by atoms with Crippen LogP contribution in [0.4, 0.5) is 0 Å². The molecule has 0 heterocycles. The normalized spacial score (nSPS) is 11.6. The van der Waals surface area contributed by atoms with E-state index in [2.05, 4.69) is 5.32 Å². The van der Waals surface area contributed by atoms with Gasteiger partial charge < -0.3 is 15.0 Å². The van der Waals surface area contributed by atoms with Crippen LogP contribution in [0.2, 0.25) is 5.02 Å². The van der Waals surface area contributed by atoms with Crippen molar-refractivity contribution in [1.29, 1.82) is 0 Å². The second kappa shape index (κ2) is 11.5. The molecule has 156 valence electrons. The third-order valence-corrected chi connectivity index (χ3v) is 4.98. The van der Waals surface area contributed by atoms with Crippen molar-refractivity contribution in [3.8, 4) is 5.75 Å². The summed E-state index contributed by atoms with van der Waals surface area (Å²) in [5.41, 5.74) is 2.10. The quantitative estimate of drug-likeness (QED) is 0.585. The van der Waals surface area contributed by atoms with E-state index in [0.29, 0.717) is 37.4 Å². The molecular weight excluding hydrogens is 388 g/mol. The van der Waals surface area contributed by atoms with Crippen molar-refractivity contribution in [1.82, 2.24) is 10.2 Å². The molecule has 2 rings (SSSR count). The summed E-state index contributed by atoms with van der Waals surface area (Å²) in [5, 5.41) is 3.30. The first-order chi connectivity index (χ1) is 13.9. The van der Waals surface area contributed by atoms with E-state index in [0.717, 1.165) is 11.3 Å². The number of rotatable bonds is 10. The van der Waals surface area contributed by atoms with Gasteiger partial charge in [0.25, 0.3) is 0 Å². The molecule has 0 unspecified atom stereocenters. The van der Waals surface area contributed by atoms with Crippen molar-refractivity contribution in [3.63, 3.8) is 0 Å². The molecule has 0 saturated carbocycles. The van der Waals surface area contributed by atoms with Gasteiger partial charge in [-0.25, -0.2) is 0 Å². The number of ether oxygens (including phenoxy) is 1. The fourth-order valence-corrected chi connectivity index (χ4v) is 3.19. The van der Waals surface area contributed by atoms with Crippen LogP contribution >= 0.6 is 11.6 Å². The van der Waals surface area contributed by atoms with E-state index in [1.54, 1.807) is 24.1 Å². The fourth-order valence-electron chi connectivity index (χ4n) is 3.06. The topological polar surface area (TPSA) is 58.6 Å². The molecule has 0 aliphatic carbocycles. The summed E-state index contributed by atoms with van der Waals surface area (Å²) in [6.07, 6.45) is 1.43. The van der Waals surface area contributed by atoms with Crippen LogP contribution in [-0.2, 0) is 16.1 Å². The molecule has 0 saturated heterocycles. The molecule has 29 heavy (non-hydrogen) atoms. The maximum atomic E-state index is 13.0. The minimum absolute atomic E-state index is 0.0668. The first-order valence-electron chi connectivity index (χ1n) is 9.89. The summed E-state index contributed by atoms with van der Waals surface area (Å²) in [4.78, 5) is 26.9. The molecule has 1 N–H and O–H groups in total. The van der Waals surface area contributed by atoms with Crippen LogP contribution in [0.3, 0.4) is 0 Å². The second-order valence-electron chi connectivity index (χ2n) is 6.95. The Morgan fingerprint density at radius 2 is 1.76 bits per heavy atom.